The van der Waals surface area contributed by atoms with E-state index in [1.54, 1.807) is 6.92 Å². The second-order valence-electron chi connectivity index (χ2n) is 4.88. The standard InChI is InChI=1S/C14H17NO3S/c1-9(8-19)13(16)15-7-11-5-3-2-4-10(11)6-12(15)14(17)18/h2-5,9,12,19H,6-8H2,1H3,(H,17,18)/t9?,12-/m0/s1. The molecule has 0 aromatic heterocycles. The number of rotatable bonds is 3. The van der Waals surface area contributed by atoms with Crippen molar-refractivity contribution in [3.63, 3.8) is 0 Å². The molecule has 1 aromatic rings. The van der Waals surface area contributed by atoms with Gasteiger partial charge in [0.25, 0.3) is 0 Å². The van der Waals surface area contributed by atoms with Crippen molar-refractivity contribution >= 4 is 24.5 Å². The van der Waals surface area contributed by atoms with Crippen molar-refractivity contribution in [1.82, 2.24) is 4.90 Å². The summed E-state index contributed by atoms with van der Waals surface area (Å²) in [5.74, 6) is -0.940. The molecule has 2 atom stereocenters. The molecule has 0 saturated carbocycles. The number of aliphatic carboxylic acids is 1. The smallest absolute Gasteiger partial charge is 0.326 e. The molecule has 1 aliphatic rings. The van der Waals surface area contributed by atoms with Gasteiger partial charge < -0.3 is 10.0 Å². The molecule has 1 heterocycles. The summed E-state index contributed by atoms with van der Waals surface area (Å²) in [4.78, 5) is 25.1. The lowest BCUT2D eigenvalue weighted by Crippen LogP contribution is -2.50. The second kappa shape index (κ2) is 5.65. The van der Waals surface area contributed by atoms with E-state index < -0.39 is 12.0 Å². The average molecular weight is 279 g/mol. The number of carboxylic acid groups (broad SMARTS) is 1. The minimum atomic E-state index is -0.950. The van der Waals surface area contributed by atoms with Crippen LogP contribution < -0.4 is 0 Å². The number of hydrogen-bond donors (Lipinski definition) is 2. The average Bonchev–Trinajstić information content (AvgIpc) is 2.44. The summed E-state index contributed by atoms with van der Waals surface area (Å²) >= 11 is 4.12. The van der Waals surface area contributed by atoms with Gasteiger partial charge in [-0.05, 0) is 11.1 Å². The first-order chi connectivity index (χ1) is 9.04. The van der Waals surface area contributed by atoms with E-state index in [4.69, 9.17) is 0 Å². The van der Waals surface area contributed by atoms with Crippen molar-refractivity contribution in [2.45, 2.75) is 25.9 Å². The molecule has 1 aliphatic heterocycles. The zero-order chi connectivity index (χ0) is 14.0. The Morgan fingerprint density at radius 2 is 2.05 bits per heavy atom. The molecule has 0 radical (unpaired) electrons. The third kappa shape index (κ3) is 2.76. The Balaban J connectivity index is 2.31. The van der Waals surface area contributed by atoms with Crippen LogP contribution >= 0.6 is 12.6 Å². The Morgan fingerprint density at radius 1 is 1.42 bits per heavy atom. The highest BCUT2D eigenvalue weighted by Gasteiger charge is 2.35. The van der Waals surface area contributed by atoms with Gasteiger partial charge in [-0.3, -0.25) is 4.79 Å². The molecule has 0 fully saturated rings. The van der Waals surface area contributed by atoms with Gasteiger partial charge in [-0.2, -0.15) is 12.6 Å². The number of fused-ring (bicyclic) bond motifs is 1. The largest absolute Gasteiger partial charge is 0.480 e. The van der Waals surface area contributed by atoms with E-state index in [0.717, 1.165) is 11.1 Å². The van der Waals surface area contributed by atoms with Gasteiger partial charge in [0.2, 0.25) is 5.91 Å². The van der Waals surface area contributed by atoms with Crippen molar-refractivity contribution in [3.05, 3.63) is 35.4 Å². The van der Waals surface area contributed by atoms with Crippen molar-refractivity contribution in [2.24, 2.45) is 5.92 Å². The fourth-order valence-electron chi connectivity index (χ4n) is 2.34. The van der Waals surface area contributed by atoms with E-state index >= 15 is 0 Å². The second-order valence-corrected chi connectivity index (χ2v) is 5.24. The van der Waals surface area contributed by atoms with Crippen molar-refractivity contribution in [1.29, 1.82) is 0 Å². The molecule has 2 rings (SSSR count). The molecule has 5 heteroatoms. The highest BCUT2D eigenvalue weighted by Crippen LogP contribution is 2.25. The van der Waals surface area contributed by atoms with Crippen molar-refractivity contribution < 1.29 is 14.7 Å². The third-order valence-corrected chi connectivity index (χ3v) is 4.06. The van der Waals surface area contributed by atoms with Gasteiger partial charge in [-0.25, -0.2) is 4.79 Å². The zero-order valence-electron chi connectivity index (χ0n) is 10.7. The lowest BCUT2D eigenvalue weighted by molar-refractivity contribution is -0.152. The molecule has 19 heavy (non-hydrogen) atoms. The van der Waals surface area contributed by atoms with Crippen LogP contribution in [0.25, 0.3) is 0 Å². The van der Waals surface area contributed by atoms with Crippen molar-refractivity contribution in [3.8, 4) is 0 Å². The lowest BCUT2D eigenvalue weighted by Gasteiger charge is -2.35. The first-order valence-corrected chi connectivity index (χ1v) is 6.88. The molecule has 0 spiro atoms. The normalized spacial score (nSPS) is 19.7. The van der Waals surface area contributed by atoms with Gasteiger partial charge in [0.1, 0.15) is 6.04 Å². The lowest BCUT2D eigenvalue weighted by atomic mass is 9.93. The van der Waals surface area contributed by atoms with Gasteiger partial charge >= 0.3 is 5.97 Å². The molecule has 4 nitrogen and oxygen atoms in total. The van der Waals surface area contributed by atoms with Gasteiger partial charge in [0.05, 0.1) is 0 Å². The van der Waals surface area contributed by atoms with Crippen molar-refractivity contribution in [2.75, 3.05) is 5.75 Å². The number of benzene rings is 1. The summed E-state index contributed by atoms with van der Waals surface area (Å²) < 4.78 is 0. The minimum Gasteiger partial charge on any atom is -0.480 e. The first kappa shape index (κ1) is 13.9. The number of nitrogens with zero attached hydrogens (tertiary/aromatic N) is 1. The van der Waals surface area contributed by atoms with Gasteiger partial charge in [0.15, 0.2) is 0 Å². The van der Waals surface area contributed by atoms with Gasteiger partial charge in [-0.1, -0.05) is 31.2 Å². The summed E-state index contributed by atoms with van der Waals surface area (Å²) in [6.45, 7) is 2.14. The van der Waals surface area contributed by atoms with E-state index in [0.29, 0.717) is 18.7 Å². The van der Waals surface area contributed by atoms with E-state index in [1.807, 2.05) is 24.3 Å². The highest BCUT2D eigenvalue weighted by atomic mass is 32.1. The number of carbonyl (C=O) groups excluding carboxylic acids is 1. The predicted molar refractivity (Wildman–Crippen MR) is 75.1 cm³/mol. The van der Waals surface area contributed by atoms with Crippen LogP contribution in [0.2, 0.25) is 0 Å². The molecule has 1 amide bonds. The number of thiol groups is 1. The predicted octanol–water partition coefficient (Wildman–Crippen LogP) is 1.59. The van der Waals surface area contributed by atoms with Gasteiger partial charge in [0, 0.05) is 24.6 Å². The fourth-order valence-corrected chi connectivity index (χ4v) is 2.49. The van der Waals surface area contributed by atoms with Crippen LogP contribution in [0.5, 0.6) is 0 Å². The van der Waals surface area contributed by atoms with Crippen LogP contribution in [-0.4, -0.2) is 33.7 Å². The molecule has 1 N–H and O–H groups in total. The van der Waals surface area contributed by atoms with E-state index in [1.165, 1.54) is 4.90 Å². The summed E-state index contributed by atoms with van der Waals surface area (Å²) in [5, 5.41) is 9.32. The minimum absolute atomic E-state index is 0.142. The number of amides is 1. The highest BCUT2D eigenvalue weighted by molar-refractivity contribution is 7.80. The number of hydrogen-bond acceptors (Lipinski definition) is 3. The summed E-state index contributed by atoms with van der Waals surface area (Å²) in [6.07, 6.45) is 0.372. The van der Waals surface area contributed by atoms with Crippen LogP contribution in [0, 0.1) is 5.92 Å². The number of carbonyl (C=O) groups is 2. The van der Waals surface area contributed by atoms with Crippen LogP contribution in [0.4, 0.5) is 0 Å². The summed E-state index contributed by atoms with van der Waals surface area (Å²) in [7, 11) is 0. The fraction of sp³-hybridized carbons (Fsp3) is 0.429. The molecular weight excluding hydrogens is 262 g/mol. The Kier molecular flexibility index (Phi) is 4.14. The maximum atomic E-state index is 12.3. The molecular formula is C14H17NO3S. The first-order valence-electron chi connectivity index (χ1n) is 6.25. The Hall–Kier alpha value is -1.49. The SMILES string of the molecule is CC(CS)C(=O)N1Cc2ccccc2C[C@H]1C(=O)O. The maximum Gasteiger partial charge on any atom is 0.326 e. The van der Waals surface area contributed by atoms with E-state index in [2.05, 4.69) is 12.6 Å². The Bertz CT molecular complexity index is 503. The molecule has 0 saturated heterocycles. The van der Waals surface area contributed by atoms with Crippen LogP contribution in [0.3, 0.4) is 0 Å². The number of carboxylic acids is 1. The quantitative estimate of drug-likeness (QED) is 0.826. The molecule has 102 valence electrons. The van der Waals surface area contributed by atoms with Crippen LogP contribution in [0.15, 0.2) is 24.3 Å². The van der Waals surface area contributed by atoms with E-state index in [-0.39, 0.29) is 11.8 Å². The Labute approximate surface area is 117 Å². The monoisotopic (exact) mass is 279 g/mol. The molecule has 0 bridgehead atoms. The molecule has 1 aromatic carbocycles. The summed E-state index contributed by atoms with van der Waals surface area (Å²) in [5.41, 5.74) is 2.04. The van der Waals surface area contributed by atoms with Crippen LogP contribution in [0.1, 0.15) is 18.1 Å². The maximum absolute atomic E-state index is 12.3. The Morgan fingerprint density at radius 3 is 2.63 bits per heavy atom. The van der Waals surface area contributed by atoms with Gasteiger partial charge in [-0.15, -0.1) is 0 Å². The third-order valence-electron chi connectivity index (χ3n) is 3.51. The summed E-state index contributed by atoms with van der Waals surface area (Å²) in [6, 6.07) is 6.90. The molecule has 0 aliphatic carbocycles. The topological polar surface area (TPSA) is 57.6 Å². The van der Waals surface area contributed by atoms with E-state index in [9.17, 15) is 14.7 Å². The van der Waals surface area contributed by atoms with Crippen LogP contribution in [-0.2, 0) is 22.6 Å². The molecule has 1 unspecified atom stereocenters. The zero-order valence-corrected chi connectivity index (χ0v) is 11.6.